The standard InChI is InChI=1S/C24H23Cl2N3O3/c1-29-13-5-8-18(16-29)24(31)27-12-6-14-32-22(30)15-17-7-2-3-11-21(17)28-23-19(25)9-4-10-20(23)26/h2-5,7-11,13,16,28H,6,12,14-15H2,1H3/p+1. The van der Waals surface area contributed by atoms with Gasteiger partial charge in [0.2, 0.25) is 0 Å². The molecule has 3 aromatic rings. The number of amides is 1. The van der Waals surface area contributed by atoms with E-state index in [1.165, 1.54) is 0 Å². The number of pyridine rings is 1. The van der Waals surface area contributed by atoms with Gasteiger partial charge in [0.05, 0.1) is 28.8 Å². The van der Waals surface area contributed by atoms with Gasteiger partial charge in [0.1, 0.15) is 12.6 Å². The second-order valence-corrected chi connectivity index (χ2v) is 7.96. The molecule has 0 saturated carbocycles. The lowest BCUT2D eigenvalue weighted by Crippen LogP contribution is -2.31. The Kier molecular flexibility index (Phi) is 8.48. The number of carbonyl (C=O) groups is 2. The number of esters is 1. The second-order valence-electron chi connectivity index (χ2n) is 7.14. The number of para-hydroxylation sites is 2. The Morgan fingerprint density at radius 3 is 2.50 bits per heavy atom. The summed E-state index contributed by atoms with van der Waals surface area (Å²) in [6.07, 6.45) is 4.22. The van der Waals surface area contributed by atoms with Crippen molar-refractivity contribution in [2.75, 3.05) is 18.5 Å². The lowest BCUT2D eigenvalue weighted by atomic mass is 10.1. The number of nitrogens with zero attached hydrogens (tertiary/aromatic N) is 1. The highest BCUT2D eigenvalue weighted by Gasteiger charge is 2.12. The molecule has 1 aromatic heterocycles. The number of rotatable bonds is 9. The molecular formula is C24H24Cl2N3O3+. The lowest BCUT2D eigenvalue weighted by molar-refractivity contribution is -0.671. The number of aromatic nitrogens is 1. The van der Waals surface area contributed by atoms with E-state index in [-0.39, 0.29) is 24.9 Å². The Morgan fingerprint density at radius 1 is 1.00 bits per heavy atom. The zero-order valence-electron chi connectivity index (χ0n) is 17.6. The quantitative estimate of drug-likeness (QED) is 0.273. The fourth-order valence-corrected chi connectivity index (χ4v) is 3.53. The van der Waals surface area contributed by atoms with Gasteiger partial charge in [0.15, 0.2) is 12.4 Å². The first-order valence-corrected chi connectivity index (χ1v) is 10.9. The predicted octanol–water partition coefficient (Wildman–Crippen LogP) is 4.47. The molecule has 3 rings (SSSR count). The largest absolute Gasteiger partial charge is 0.465 e. The zero-order valence-corrected chi connectivity index (χ0v) is 19.1. The van der Waals surface area contributed by atoms with Gasteiger partial charge in [-0.3, -0.25) is 9.59 Å². The van der Waals surface area contributed by atoms with E-state index < -0.39 is 0 Å². The van der Waals surface area contributed by atoms with Gasteiger partial charge in [-0.1, -0.05) is 47.5 Å². The van der Waals surface area contributed by atoms with Crippen LogP contribution in [-0.2, 0) is 23.0 Å². The smallest absolute Gasteiger partial charge is 0.310 e. The van der Waals surface area contributed by atoms with E-state index in [9.17, 15) is 9.59 Å². The molecule has 0 aliphatic carbocycles. The predicted molar refractivity (Wildman–Crippen MR) is 125 cm³/mol. The molecule has 0 bridgehead atoms. The van der Waals surface area contributed by atoms with Crippen molar-refractivity contribution in [2.24, 2.45) is 7.05 Å². The van der Waals surface area contributed by atoms with Crippen molar-refractivity contribution < 1.29 is 18.9 Å². The Balaban J connectivity index is 1.47. The summed E-state index contributed by atoms with van der Waals surface area (Å²) in [7, 11) is 1.85. The van der Waals surface area contributed by atoms with E-state index >= 15 is 0 Å². The highest BCUT2D eigenvalue weighted by atomic mass is 35.5. The van der Waals surface area contributed by atoms with Crippen molar-refractivity contribution in [2.45, 2.75) is 12.8 Å². The SMILES string of the molecule is C[n+]1cccc(C(=O)NCCCOC(=O)Cc2ccccc2Nc2c(Cl)cccc2Cl)c1. The molecule has 0 aliphatic heterocycles. The van der Waals surface area contributed by atoms with Crippen LogP contribution in [0.2, 0.25) is 10.0 Å². The molecule has 0 fully saturated rings. The third-order valence-corrected chi connectivity index (χ3v) is 5.28. The molecule has 6 nitrogen and oxygen atoms in total. The highest BCUT2D eigenvalue weighted by molar-refractivity contribution is 6.39. The number of benzene rings is 2. The van der Waals surface area contributed by atoms with E-state index in [2.05, 4.69) is 10.6 Å². The van der Waals surface area contributed by atoms with Crippen LogP contribution in [0.15, 0.2) is 67.0 Å². The number of halogens is 2. The number of anilines is 2. The van der Waals surface area contributed by atoms with Crippen LogP contribution in [0.25, 0.3) is 0 Å². The molecule has 0 aliphatic rings. The van der Waals surface area contributed by atoms with Crippen LogP contribution in [0.1, 0.15) is 22.3 Å². The Labute approximate surface area is 197 Å². The van der Waals surface area contributed by atoms with Gasteiger partial charge >= 0.3 is 5.97 Å². The summed E-state index contributed by atoms with van der Waals surface area (Å²) >= 11 is 12.5. The molecule has 0 spiro atoms. The van der Waals surface area contributed by atoms with Gasteiger partial charge in [-0.25, -0.2) is 4.57 Å². The van der Waals surface area contributed by atoms with Gasteiger partial charge in [0, 0.05) is 18.3 Å². The van der Waals surface area contributed by atoms with Crippen LogP contribution >= 0.6 is 23.2 Å². The molecule has 0 atom stereocenters. The molecule has 8 heteroatoms. The minimum absolute atomic E-state index is 0.0954. The average Bonchev–Trinajstić information content (AvgIpc) is 2.77. The topological polar surface area (TPSA) is 71.3 Å². The van der Waals surface area contributed by atoms with E-state index in [1.807, 2.05) is 48.1 Å². The number of carbonyl (C=O) groups excluding carboxylic acids is 2. The van der Waals surface area contributed by atoms with E-state index in [0.717, 1.165) is 11.3 Å². The second kappa shape index (κ2) is 11.5. The molecule has 32 heavy (non-hydrogen) atoms. The Morgan fingerprint density at radius 2 is 1.75 bits per heavy atom. The normalized spacial score (nSPS) is 10.5. The maximum absolute atomic E-state index is 12.3. The number of aryl methyl sites for hydroxylation is 1. The Hall–Kier alpha value is -3.09. The third kappa shape index (κ3) is 6.70. The molecule has 0 unspecified atom stereocenters. The van der Waals surface area contributed by atoms with Crippen molar-refractivity contribution in [3.05, 3.63) is 88.2 Å². The number of hydrogen-bond donors (Lipinski definition) is 2. The van der Waals surface area contributed by atoms with Crippen LogP contribution in [0.5, 0.6) is 0 Å². The minimum Gasteiger partial charge on any atom is -0.465 e. The van der Waals surface area contributed by atoms with Gasteiger partial charge < -0.3 is 15.4 Å². The summed E-state index contributed by atoms with van der Waals surface area (Å²) in [4.78, 5) is 24.4. The maximum atomic E-state index is 12.3. The number of nitrogens with one attached hydrogen (secondary N) is 2. The summed E-state index contributed by atoms with van der Waals surface area (Å²) in [6.45, 7) is 0.626. The fourth-order valence-electron chi connectivity index (χ4n) is 3.04. The van der Waals surface area contributed by atoms with Crippen molar-refractivity contribution >= 4 is 46.5 Å². The third-order valence-electron chi connectivity index (χ3n) is 4.65. The molecule has 2 aromatic carbocycles. The summed E-state index contributed by atoms with van der Waals surface area (Å²) in [5.41, 5.74) is 2.65. The molecule has 1 heterocycles. The van der Waals surface area contributed by atoms with Crippen LogP contribution in [-0.4, -0.2) is 25.0 Å². The van der Waals surface area contributed by atoms with E-state index in [0.29, 0.717) is 34.3 Å². The maximum Gasteiger partial charge on any atom is 0.310 e. The molecule has 1 amide bonds. The van der Waals surface area contributed by atoms with Crippen LogP contribution in [0, 0.1) is 0 Å². The first-order chi connectivity index (χ1) is 15.4. The van der Waals surface area contributed by atoms with Crippen LogP contribution in [0.3, 0.4) is 0 Å². The van der Waals surface area contributed by atoms with Gasteiger partial charge in [-0.2, -0.15) is 0 Å². The van der Waals surface area contributed by atoms with Crippen molar-refractivity contribution in [1.82, 2.24) is 5.32 Å². The van der Waals surface area contributed by atoms with Gasteiger partial charge in [-0.15, -0.1) is 0 Å². The van der Waals surface area contributed by atoms with Crippen LogP contribution in [0.4, 0.5) is 11.4 Å². The van der Waals surface area contributed by atoms with Crippen molar-refractivity contribution in [3.8, 4) is 0 Å². The molecule has 0 radical (unpaired) electrons. The average molecular weight is 473 g/mol. The first kappa shape index (κ1) is 23.6. The van der Waals surface area contributed by atoms with Crippen LogP contribution < -0.4 is 15.2 Å². The minimum atomic E-state index is -0.356. The molecule has 2 N–H and O–H groups in total. The Bertz CT molecular complexity index is 1090. The van der Waals surface area contributed by atoms with Gasteiger partial charge in [-0.05, 0) is 36.2 Å². The van der Waals surface area contributed by atoms with Crippen molar-refractivity contribution in [1.29, 1.82) is 0 Å². The lowest BCUT2D eigenvalue weighted by Gasteiger charge is -2.14. The van der Waals surface area contributed by atoms with Crippen molar-refractivity contribution in [3.63, 3.8) is 0 Å². The van der Waals surface area contributed by atoms with E-state index in [4.69, 9.17) is 27.9 Å². The molecule has 166 valence electrons. The number of hydrogen-bond acceptors (Lipinski definition) is 4. The molecule has 0 saturated heterocycles. The highest BCUT2D eigenvalue weighted by Crippen LogP contribution is 2.33. The molecular weight excluding hydrogens is 449 g/mol. The van der Waals surface area contributed by atoms with E-state index in [1.54, 1.807) is 30.5 Å². The first-order valence-electron chi connectivity index (χ1n) is 10.1. The summed E-state index contributed by atoms with van der Waals surface area (Å²) in [5, 5.41) is 6.99. The zero-order chi connectivity index (χ0) is 22.9. The van der Waals surface area contributed by atoms with Gasteiger partial charge in [0.25, 0.3) is 5.91 Å². The summed E-state index contributed by atoms with van der Waals surface area (Å²) in [5.74, 6) is -0.517. The fraction of sp³-hybridized carbons (Fsp3) is 0.208. The monoisotopic (exact) mass is 472 g/mol. The number of ether oxygens (including phenoxy) is 1. The summed E-state index contributed by atoms with van der Waals surface area (Å²) in [6, 6.07) is 16.2. The summed E-state index contributed by atoms with van der Waals surface area (Å²) < 4.78 is 7.14.